The predicted molar refractivity (Wildman–Crippen MR) is 166 cm³/mol. The second-order valence-corrected chi connectivity index (χ2v) is 11.3. The van der Waals surface area contributed by atoms with Crippen LogP contribution in [-0.2, 0) is 6.42 Å². The van der Waals surface area contributed by atoms with Crippen molar-refractivity contribution in [1.29, 1.82) is 0 Å². The summed E-state index contributed by atoms with van der Waals surface area (Å²) in [6.45, 7) is 6.80. The molecular formula is C32H33F3N6O2S. The van der Waals surface area contributed by atoms with Gasteiger partial charge in [0.25, 0.3) is 0 Å². The molecular weight excluding hydrogens is 589 g/mol. The van der Waals surface area contributed by atoms with Crippen LogP contribution in [0.3, 0.4) is 0 Å². The standard InChI is InChI=1S/C32H33F3N6O2S/c1-4-23-7-5-6-8-28(23)41-22(3)19-44-31(41)38-30(42)36-18-17-21(2)24-9-11-25(12-10-24)29-37-20-40(39-29)26-13-15-27(16-14-26)43-32(33,34)35/h5-16,19-21,31H,4,17-18H2,1-3H3,(H2,36,38,42). The number of hydrogen-bond acceptors (Lipinski definition) is 6. The average Bonchev–Trinajstić information content (AvgIpc) is 3.64. The molecule has 2 heterocycles. The summed E-state index contributed by atoms with van der Waals surface area (Å²) in [4.78, 5) is 19.3. The molecule has 0 aliphatic carbocycles. The molecule has 0 fully saturated rings. The number of thioether (sulfide) groups is 1. The first-order valence-electron chi connectivity index (χ1n) is 14.2. The molecule has 0 radical (unpaired) electrons. The van der Waals surface area contributed by atoms with Crippen LogP contribution < -0.4 is 20.3 Å². The first-order valence-corrected chi connectivity index (χ1v) is 15.2. The second-order valence-electron chi connectivity index (χ2n) is 10.4. The van der Waals surface area contributed by atoms with Crippen molar-refractivity contribution in [3.63, 3.8) is 0 Å². The monoisotopic (exact) mass is 622 g/mol. The van der Waals surface area contributed by atoms with E-state index < -0.39 is 6.36 Å². The minimum Gasteiger partial charge on any atom is -0.406 e. The van der Waals surface area contributed by atoms with E-state index in [2.05, 4.69) is 61.7 Å². The summed E-state index contributed by atoms with van der Waals surface area (Å²) in [7, 11) is 0. The van der Waals surface area contributed by atoms with Gasteiger partial charge in [0, 0.05) is 23.5 Å². The van der Waals surface area contributed by atoms with Crippen LogP contribution in [0.5, 0.6) is 5.75 Å². The van der Waals surface area contributed by atoms with Gasteiger partial charge in [0.1, 0.15) is 12.1 Å². The molecule has 1 aromatic heterocycles. The van der Waals surface area contributed by atoms with Gasteiger partial charge < -0.3 is 20.3 Å². The third-order valence-electron chi connectivity index (χ3n) is 7.30. The maximum absolute atomic E-state index is 12.8. The Morgan fingerprint density at radius 1 is 1.07 bits per heavy atom. The first kappa shape index (κ1) is 31.0. The maximum atomic E-state index is 12.8. The molecule has 5 rings (SSSR count). The number of nitrogens with one attached hydrogen (secondary N) is 2. The summed E-state index contributed by atoms with van der Waals surface area (Å²) < 4.78 is 42.6. The van der Waals surface area contributed by atoms with E-state index in [1.54, 1.807) is 11.8 Å². The molecule has 1 aliphatic rings. The summed E-state index contributed by atoms with van der Waals surface area (Å²) in [5, 5.41) is 12.6. The largest absolute Gasteiger partial charge is 0.573 e. The van der Waals surface area contributed by atoms with E-state index in [-0.39, 0.29) is 23.2 Å². The number of benzene rings is 3. The molecule has 12 heteroatoms. The lowest BCUT2D eigenvalue weighted by atomic mass is 9.96. The molecule has 2 unspecified atom stereocenters. The number of para-hydroxylation sites is 1. The summed E-state index contributed by atoms with van der Waals surface area (Å²) in [5.41, 5.74) is 5.68. The van der Waals surface area contributed by atoms with Crippen molar-refractivity contribution in [3.05, 3.63) is 101 Å². The average molecular weight is 623 g/mol. The van der Waals surface area contributed by atoms with Crippen LogP contribution in [-0.4, -0.2) is 39.2 Å². The van der Waals surface area contributed by atoms with E-state index in [1.807, 2.05) is 43.3 Å². The molecule has 1 aliphatic heterocycles. The first-order chi connectivity index (χ1) is 21.1. The number of allylic oxidation sites excluding steroid dienone is 1. The fourth-order valence-electron chi connectivity index (χ4n) is 4.94. The number of anilines is 1. The molecule has 0 saturated carbocycles. The predicted octanol–water partition coefficient (Wildman–Crippen LogP) is 7.59. The number of rotatable bonds is 10. The Morgan fingerprint density at radius 3 is 2.50 bits per heavy atom. The lowest BCUT2D eigenvalue weighted by Crippen LogP contribution is -2.47. The molecule has 2 amide bonds. The van der Waals surface area contributed by atoms with Gasteiger partial charge in [0.05, 0.1) is 5.69 Å². The Morgan fingerprint density at radius 2 is 1.80 bits per heavy atom. The van der Waals surface area contributed by atoms with Crippen LogP contribution in [0.25, 0.3) is 17.1 Å². The fraction of sp³-hybridized carbons (Fsp3) is 0.281. The number of amides is 2. The van der Waals surface area contributed by atoms with Gasteiger partial charge in [-0.15, -0.1) is 18.3 Å². The number of halogens is 3. The van der Waals surface area contributed by atoms with Gasteiger partial charge in [0.15, 0.2) is 11.3 Å². The van der Waals surface area contributed by atoms with Gasteiger partial charge in [-0.25, -0.2) is 14.5 Å². The summed E-state index contributed by atoms with van der Waals surface area (Å²) >= 11 is 1.58. The molecule has 230 valence electrons. The van der Waals surface area contributed by atoms with E-state index >= 15 is 0 Å². The van der Waals surface area contributed by atoms with Crippen molar-refractivity contribution in [2.75, 3.05) is 11.4 Å². The topological polar surface area (TPSA) is 84.3 Å². The molecule has 2 N–H and O–H groups in total. The van der Waals surface area contributed by atoms with Crippen LogP contribution in [0.1, 0.15) is 44.2 Å². The molecule has 44 heavy (non-hydrogen) atoms. The summed E-state index contributed by atoms with van der Waals surface area (Å²) in [6.07, 6.45) is -1.58. The van der Waals surface area contributed by atoms with Crippen LogP contribution in [0, 0.1) is 0 Å². The van der Waals surface area contributed by atoms with Crippen LogP contribution in [0.2, 0.25) is 0 Å². The Bertz CT molecular complexity index is 1610. The molecule has 8 nitrogen and oxygen atoms in total. The highest BCUT2D eigenvalue weighted by Gasteiger charge is 2.31. The number of carbonyl (C=O) groups is 1. The minimum absolute atomic E-state index is 0.199. The molecule has 2 atom stereocenters. The number of aryl methyl sites for hydroxylation is 1. The zero-order chi connectivity index (χ0) is 31.3. The van der Waals surface area contributed by atoms with Gasteiger partial charge in [-0.05, 0) is 72.6 Å². The number of nitrogens with zero attached hydrogens (tertiary/aromatic N) is 4. The zero-order valence-electron chi connectivity index (χ0n) is 24.5. The molecule has 0 spiro atoms. The van der Waals surface area contributed by atoms with Crippen molar-refractivity contribution in [1.82, 2.24) is 25.4 Å². The second kappa shape index (κ2) is 13.5. The third-order valence-corrected chi connectivity index (χ3v) is 8.36. The summed E-state index contributed by atoms with van der Waals surface area (Å²) in [6, 6.07) is 21.3. The smallest absolute Gasteiger partial charge is 0.406 e. The Labute approximate surface area is 258 Å². The van der Waals surface area contributed by atoms with E-state index in [9.17, 15) is 18.0 Å². The number of carbonyl (C=O) groups excluding carboxylic acids is 1. The van der Waals surface area contributed by atoms with Crippen molar-refractivity contribution in [3.8, 4) is 22.8 Å². The SMILES string of the molecule is CCc1ccccc1N1C(C)=CSC1NC(=O)NCCC(C)c1ccc(-c2ncn(-c3ccc(OC(F)(F)F)cc3)n2)cc1. The van der Waals surface area contributed by atoms with Crippen LogP contribution in [0.4, 0.5) is 23.7 Å². The number of urea groups is 1. The highest BCUT2D eigenvalue weighted by molar-refractivity contribution is 8.03. The lowest BCUT2D eigenvalue weighted by Gasteiger charge is -2.30. The lowest BCUT2D eigenvalue weighted by molar-refractivity contribution is -0.274. The summed E-state index contributed by atoms with van der Waals surface area (Å²) in [5.74, 6) is 0.385. The van der Waals surface area contributed by atoms with E-state index in [0.717, 1.165) is 35.4 Å². The fourth-order valence-corrected chi connectivity index (χ4v) is 5.95. The third kappa shape index (κ3) is 7.54. The van der Waals surface area contributed by atoms with Crippen molar-refractivity contribution >= 4 is 23.5 Å². The van der Waals surface area contributed by atoms with E-state index in [0.29, 0.717) is 18.1 Å². The Balaban J connectivity index is 1.11. The molecule has 0 bridgehead atoms. The van der Waals surface area contributed by atoms with Crippen LogP contribution >= 0.6 is 11.8 Å². The maximum Gasteiger partial charge on any atom is 0.573 e. The van der Waals surface area contributed by atoms with Crippen molar-refractivity contribution in [2.45, 2.75) is 51.4 Å². The highest BCUT2D eigenvalue weighted by atomic mass is 32.2. The molecule has 4 aromatic rings. The number of alkyl halides is 3. The van der Waals surface area contributed by atoms with Crippen molar-refractivity contribution < 1.29 is 22.7 Å². The molecule has 0 saturated heterocycles. The number of hydrogen-bond donors (Lipinski definition) is 2. The van der Waals surface area contributed by atoms with Gasteiger partial charge in [-0.3, -0.25) is 0 Å². The highest BCUT2D eigenvalue weighted by Crippen LogP contribution is 2.36. The number of ether oxygens (including phenoxy) is 1. The van der Waals surface area contributed by atoms with Gasteiger partial charge in [-0.1, -0.05) is 68.1 Å². The zero-order valence-corrected chi connectivity index (χ0v) is 25.3. The van der Waals surface area contributed by atoms with E-state index in [4.69, 9.17) is 0 Å². The molecule has 3 aromatic carbocycles. The van der Waals surface area contributed by atoms with Crippen LogP contribution in [0.15, 0.2) is 90.2 Å². The quantitative estimate of drug-likeness (QED) is 0.190. The van der Waals surface area contributed by atoms with Gasteiger partial charge >= 0.3 is 12.4 Å². The number of aromatic nitrogens is 3. The normalized spacial score (nSPS) is 15.5. The minimum atomic E-state index is -4.74. The van der Waals surface area contributed by atoms with Crippen molar-refractivity contribution in [2.24, 2.45) is 0 Å². The Hall–Kier alpha value is -4.45. The van der Waals surface area contributed by atoms with Gasteiger partial charge in [-0.2, -0.15) is 0 Å². The van der Waals surface area contributed by atoms with E-state index in [1.165, 1.54) is 40.8 Å². The Kier molecular flexibility index (Phi) is 9.48. The van der Waals surface area contributed by atoms with Gasteiger partial charge in [0.2, 0.25) is 0 Å².